The highest BCUT2D eigenvalue weighted by Gasteiger charge is 2.25. The molecule has 18 heavy (non-hydrogen) atoms. The van der Waals surface area contributed by atoms with Crippen molar-refractivity contribution in [2.75, 3.05) is 6.54 Å². The van der Waals surface area contributed by atoms with E-state index in [-0.39, 0.29) is 11.5 Å². The third-order valence-electron chi connectivity index (χ3n) is 3.16. The van der Waals surface area contributed by atoms with E-state index in [9.17, 15) is 13.5 Å². The van der Waals surface area contributed by atoms with Gasteiger partial charge < -0.3 is 9.67 Å². The Balaban J connectivity index is 2.14. The van der Waals surface area contributed by atoms with Crippen molar-refractivity contribution < 1.29 is 13.5 Å². The highest BCUT2D eigenvalue weighted by atomic mass is 32.2. The number of sulfonamides is 1. The number of aliphatic hydroxyl groups excluding tert-OH is 1. The summed E-state index contributed by atoms with van der Waals surface area (Å²) in [6.07, 6.45) is 4.73. The quantitative estimate of drug-likeness (QED) is 0.780. The zero-order chi connectivity index (χ0) is 13.2. The van der Waals surface area contributed by atoms with Gasteiger partial charge in [0.15, 0.2) is 0 Å². The first-order valence-electron chi connectivity index (χ1n) is 6.36. The van der Waals surface area contributed by atoms with Crippen molar-refractivity contribution in [3.63, 3.8) is 0 Å². The average molecular weight is 272 g/mol. The monoisotopic (exact) mass is 272 g/mol. The molecular formula is C12H20N2O3S. The Morgan fingerprint density at radius 1 is 1.50 bits per heavy atom. The molecular weight excluding hydrogens is 252 g/mol. The Bertz CT molecular complexity index is 503. The van der Waals surface area contributed by atoms with Crippen LogP contribution in [0, 0.1) is 5.92 Å². The summed E-state index contributed by atoms with van der Waals surface area (Å²) in [5.41, 5.74) is 0.642. The summed E-state index contributed by atoms with van der Waals surface area (Å²) in [5.74, 6) is 0.509. The summed E-state index contributed by atoms with van der Waals surface area (Å²) in [7, 11) is -3.43. The van der Waals surface area contributed by atoms with Gasteiger partial charge in [-0.1, -0.05) is 6.92 Å². The fourth-order valence-corrected chi connectivity index (χ4v) is 3.07. The molecule has 6 heteroatoms. The van der Waals surface area contributed by atoms with Crippen molar-refractivity contribution in [2.45, 2.75) is 44.2 Å². The first kappa shape index (κ1) is 13.6. The van der Waals surface area contributed by atoms with E-state index in [1.165, 1.54) is 0 Å². The zero-order valence-corrected chi connectivity index (χ0v) is 11.4. The topological polar surface area (TPSA) is 71.3 Å². The summed E-state index contributed by atoms with van der Waals surface area (Å²) < 4.78 is 28.5. The first-order valence-corrected chi connectivity index (χ1v) is 7.84. The molecule has 0 saturated heterocycles. The van der Waals surface area contributed by atoms with Gasteiger partial charge in [0.25, 0.3) is 0 Å². The SMILES string of the molecule is CCCn1cc(S(=O)(=O)NCC2CC2)cc1CO. The molecule has 1 aliphatic carbocycles. The number of rotatable bonds is 7. The molecule has 0 unspecified atom stereocenters. The van der Waals surface area contributed by atoms with E-state index < -0.39 is 10.0 Å². The molecule has 0 radical (unpaired) electrons. The molecule has 1 aromatic rings. The number of hydrogen-bond acceptors (Lipinski definition) is 3. The molecule has 102 valence electrons. The van der Waals surface area contributed by atoms with Gasteiger partial charge in [-0.15, -0.1) is 0 Å². The predicted molar refractivity (Wildman–Crippen MR) is 68.6 cm³/mol. The van der Waals surface area contributed by atoms with Gasteiger partial charge in [0, 0.05) is 25.0 Å². The maximum Gasteiger partial charge on any atom is 0.242 e. The lowest BCUT2D eigenvalue weighted by Gasteiger charge is -2.04. The molecule has 0 atom stereocenters. The minimum absolute atomic E-state index is 0.141. The molecule has 2 rings (SSSR count). The first-order chi connectivity index (χ1) is 8.56. The number of aryl methyl sites for hydroxylation is 1. The molecule has 0 bridgehead atoms. The van der Waals surface area contributed by atoms with Crippen LogP contribution in [-0.4, -0.2) is 24.6 Å². The summed E-state index contributed by atoms with van der Waals surface area (Å²) in [6, 6.07) is 1.55. The van der Waals surface area contributed by atoms with Crippen molar-refractivity contribution in [3.05, 3.63) is 18.0 Å². The standard InChI is InChI=1S/C12H20N2O3S/c1-2-5-14-8-12(6-11(14)9-15)18(16,17)13-7-10-3-4-10/h6,8,10,13,15H,2-5,7,9H2,1H3. The molecule has 1 heterocycles. The van der Waals surface area contributed by atoms with E-state index in [1.807, 2.05) is 6.92 Å². The molecule has 0 aromatic carbocycles. The van der Waals surface area contributed by atoms with Crippen LogP contribution >= 0.6 is 0 Å². The van der Waals surface area contributed by atoms with E-state index >= 15 is 0 Å². The smallest absolute Gasteiger partial charge is 0.242 e. The molecule has 1 fully saturated rings. The summed E-state index contributed by atoms with van der Waals surface area (Å²) in [5, 5.41) is 9.22. The van der Waals surface area contributed by atoms with E-state index in [1.54, 1.807) is 16.8 Å². The lowest BCUT2D eigenvalue weighted by molar-refractivity contribution is 0.270. The molecule has 1 aliphatic rings. The van der Waals surface area contributed by atoms with E-state index in [4.69, 9.17) is 0 Å². The number of hydrogen-bond donors (Lipinski definition) is 2. The fraction of sp³-hybridized carbons (Fsp3) is 0.667. The molecule has 0 amide bonds. The second-order valence-corrected chi connectivity index (χ2v) is 6.58. The van der Waals surface area contributed by atoms with E-state index in [0.29, 0.717) is 24.7 Å². The van der Waals surface area contributed by atoms with Gasteiger partial charge in [-0.05, 0) is 31.2 Å². The number of nitrogens with one attached hydrogen (secondary N) is 1. The van der Waals surface area contributed by atoms with Gasteiger partial charge in [0.05, 0.1) is 11.5 Å². The lowest BCUT2D eigenvalue weighted by atomic mass is 10.4. The number of aliphatic hydroxyl groups is 1. The number of aromatic nitrogens is 1. The number of nitrogens with zero attached hydrogens (tertiary/aromatic N) is 1. The minimum Gasteiger partial charge on any atom is -0.390 e. The Labute approximate surface area is 108 Å². The van der Waals surface area contributed by atoms with Crippen LogP contribution in [-0.2, 0) is 23.2 Å². The van der Waals surface area contributed by atoms with E-state index in [2.05, 4.69) is 4.72 Å². The van der Waals surface area contributed by atoms with Gasteiger partial charge in [-0.3, -0.25) is 0 Å². The van der Waals surface area contributed by atoms with Gasteiger partial charge in [0.1, 0.15) is 0 Å². The van der Waals surface area contributed by atoms with Crippen molar-refractivity contribution >= 4 is 10.0 Å². The Morgan fingerprint density at radius 2 is 2.22 bits per heavy atom. The third kappa shape index (κ3) is 3.13. The molecule has 0 aliphatic heterocycles. The van der Waals surface area contributed by atoms with Crippen molar-refractivity contribution in [3.8, 4) is 0 Å². The zero-order valence-electron chi connectivity index (χ0n) is 10.6. The van der Waals surface area contributed by atoms with Gasteiger partial charge in [0.2, 0.25) is 10.0 Å². The molecule has 5 nitrogen and oxygen atoms in total. The van der Waals surface area contributed by atoms with Crippen molar-refractivity contribution in [1.29, 1.82) is 0 Å². The van der Waals surface area contributed by atoms with Crippen LogP contribution in [0.4, 0.5) is 0 Å². The Morgan fingerprint density at radius 3 is 2.78 bits per heavy atom. The van der Waals surface area contributed by atoms with Gasteiger partial charge >= 0.3 is 0 Å². The fourth-order valence-electron chi connectivity index (χ4n) is 1.89. The summed E-state index contributed by atoms with van der Waals surface area (Å²) in [6.45, 7) is 3.11. The van der Waals surface area contributed by atoms with Crippen LogP contribution in [0.15, 0.2) is 17.2 Å². The second-order valence-electron chi connectivity index (χ2n) is 4.81. The van der Waals surface area contributed by atoms with E-state index in [0.717, 1.165) is 19.3 Å². The van der Waals surface area contributed by atoms with Crippen LogP contribution in [0.3, 0.4) is 0 Å². The average Bonchev–Trinajstić information content (AvgIpc) is 3.07. The summed E-state index contributed by atoms with van der Waals surface area (Å²) in [4.78, 5) is 0.251. The molecule has 1 saturated carbocycles. The largest absolute Gasteiger partial charge is 0.390 e. The van der Waals surface area contributed by atoms with Crippen molar-refractivity contribution in [1.82, 2.24) is 9.29 Å². The van der Waals surface area contributed by atoms with Crippen LogP contribution < -0.4 is 4.72 Å². The second kappa shape index (κ2) is 5.42. The maximum atomic E-state index is 12.0. The molecule has 2 N–H and O–H groups in total. The Kier molecular flexibility index (Phi) is 4.09. The van der Waals surface area contributed by atoms with Crippen LogP contribution in [0.25, 0.3) is 0 Å². The highest BCUT2D eigenvalue weighted by Crippen LogP contribution is 2.28. The molecule has 1 aromatic heterocycles. The van der Waals surface area contributed by atoms with Gasteiger partial charge in [-0.25, -0.2) is 13.1 Å². The van der Waals surface area contributed by atoms with Gasteiger partial charge in [-0.2, -0.15) is 0 Å². The highest BCUT2D eigenvalue weighted by molar-refractivity contribution is 7.89. The Hall–Kier alpha value is -0.850. The van der Waals surface area contributed by atoms with Crippen LogP contribution in [0.2, 0.25) is 0 Å². The third-order valence-corrected chi connectivity index (χ3v) is 4.55. The summed E-state index contributed by atoms with van der Waals surface area (Å²) >= 11 is 0. The van der Waals surface area contributed by atoms with Crippen LogP contribution in [0.5, 0.6) is 0 Å². The van der Waals surface area contributed by atoms with Crippen LogP contribution in [0.1, 0.15) is 31.9 Å². The normalized spacial score (nSPS) is 16.1. The lowest BCUT2D eigenvalue weighted by Crippen LogP contribution is -2.25. The molecule has 0 spiro atoms. The maximum absolute atomic E-state index is 12.0. The predicted octanol–water partition coefficient (Wildman–Crippen LogP) is 1.08. The minimum atomic E-state index is -3.43. The van der Waals surface area contributed by atoms with Crippen molar-refractivity contribution in [2.24, 2.45) is 5.92 Å².